The fourth-order valence-corrected chi connectivity index (χ4v) is 5.45. The number of piperazine rings is 1. The average molecular weight is 282 g/mol. The number of nitrogens with one attached hydrogen (secondary N) is 1. The Morgan fingerprint density at radius 3 is 2.58 bits per heavy atom. The molecule has 0 aromatic carbocycles. The van der Waals surface area contributed by atoms with Crippen molar-refractivity contribution in [3.05, 3.63) is 0 Å². The fourth-order valence-electron chi connectivity index (χ4n) is 4.37. The van der Waals surface area contributed by atoms with Crippen LogP contribution in [-0.4, -0.2) is 47.1 Å². The molecule has 110 valence electrons. The van der Waals surface area contributed by atoms with Crippen LogP contribution in [0.15, 0.2) is 0 Å². The minimum atomic E-state index is 0.481. The zero-order valence-electron chi connectivity index (χ0n) is 12.5. The molecular weight excluding hydrogens is 252 g/mol. The lowest BCUT2D eigenvalue weighted by molar-refractivity contribution is 0.0197. The summed E-state index contributed by atoms with van der Waals surface area (Å²) in [5.74, 6) is 2.77. The lowest BCUT2D eigenvalue weighted by Crippen LogP contribution is -2.66. The van der Waals surface area contributed by atoms with Gasteiger partial charge < -0.3 is 5.32 Å². The molecule has 19 heavy (non-hydrogen) atoms. The Labute approximate surface area is 123 Å². The third kappa shape index (κ3) is 3.14. The van der Waals surface area contributed by atoms with Crippen molar-refractivity contribution in [3.8, 4) is 0 Å². The van der Waals surface area contributed by atoms with E-state index < -0.39 is 0 Å². The minimum absolute atomic E-state index is 0.481. The lowest BCUT2D eigenvalue weighted by Gasteiger charge is -2.52. The molecule has 1 N–H and O–H groups in total. The summed E-state index contributed by atoms with van der Waals surface area (Å²) < 4.78 is 0. The summed E-state index contributed by atoms with van der Waals surface area (Å²) in [5.41, 5.74) is 0.481. The first-order valence-corrected chi connectivity index (χ1v) is 9.57. The van der Waals surface area contributed by atoms with Gasteiger partial charge in [0.25, 0.3) is 0 Å². The highest BCUT2D eigenvalue weighted by atomic mass is 32.2. The molecule has 0 aromatic heterocycles. The van der Waals surface area contributed by atoms with Gasteiger partial charge in [0.15, 0.2) is 0 Å². The van der Waals surface area contributed by atoms with E-state index in [0.717, 1.165) is 12.1 Å². The number of hydrogen-bond donors (Lipinski definition) is 1. The van der Waals surface area contributed by atoms with Gasteiger partial charge in [-0.25, -0.2) is 0 Å². The molecule has 1 saturated carbocycles. The zero-order chi connectivity index (χ0) is 13.1. The maximum Gasteiger partial charge on any atom is 0.0309 e. The first-order chi connectivity index (χ1) is 9.33. The van der Waals surface area contributed by atoms with Crippen molar-refractivity contribution in [1.29, 1.82) is 0 Å². The van der Waals surface area contributed by atoms with Crippen molar-refractivity contribution in [1.82, 2.24) is 10.2 Å². The van der Waals surface area contributed by atoms with E-state index >= 15 is 0 Å². The van der Waals surface area contributed by atoms with Gasteiger partial charge in [-0.1, -0.05) is 26.2 Å². The fraction of sp³-hybridized carbons (Fsp3) is 1.00. The molecule has 1 spiro atoms. The number of hydrogen-bond acceptors (Lipinski definition) is 3. The van der Waals surface area contributed by atoms with E-state index in [0.29, 0.717) is 5.54 Å². The Hall–Kier alpha value is 0.270. The lowest BCUT2D eigenvalue weighted by atomic mass is 9.78. The molecular formula is C16H30N2S. The van der Waals surface area contributed by atoms with Gasteiger partial charge in [-0.3, -0.25) is 4.90 Å². The average Bonchev–Trinajstić information content (AvgIpc) is 2.49. The Morgan fingerprint density at radius 2 is 1.89 bits per heavy atom. The van der Waals surface area contributed by atoms with Crippen LogP contribution in [-0.2, 0) is 0 Å². The van der Waals surface area contributed by atoms with E-state index in [1.165, 1.54) is 76.0 Å². The summed E-state index contributed by atoms with van der Waals surface area (Å²) in [7, 11) is 0. The van der Waals surface area contributed by atoms with Crippen LogP contribution in [0.3, 0.4) is 0 Å². The third-order valence-electron chi connectivity index (χ3n) is 5.61. The maximum absolute atomic E-state index is 3.96. The third-order valence-corrected chi connectivity index (χ3v) is 6.66. The minimum Gasteiger partial charge on any atom is -0.308 e. The zero-order valence-corrected chi connectivity index (χ0v) is 13.3. The van der Waals surface area contributed by atoms with Crippen LogP contribution in [0.5, 0.6) is 0 Å². The maximum atomic E-state index is 3.96. The van der Waals surface area contributed by atoms with E-state index in [1.807, 2.05) is 0 Å². The largest absolute Gasteiger partial charge is 0.308 e. The highest BCUT2D eigenvalue weighted by Crippen LogP contribution is 2.35. The van der Waals surface area contributed by atoms with Crippen LogP contribution >= 0.6 is 11.8 Å². The molecule has 1 aliphatic carbocycles. The van der Waals surface area contributed by atoms with E-state index in [1.54, 1.807) is 0 Å². The smallest absolute Gasteiger partial charge is 0.0309 e. The molecule has 0 bridgehead atoms. The van der Waals surface area contributed by atoms with Gasteiger partial charge in [0.2, 0.25) is 0 Å². The molecule has 2 saturated heterocycles. The molecule has 0 radical (unpaired) electrons. The monoisotopic (exact) mass is 282 g/mol. The normalized spacial score (nSPS) is 33.6. The van der Waals surface area contributed by atoms with Crippen LogP contribution < -0.4 is 5.32 Å². The molecule has 3 heteroatoms. The van der Waals surface area contributed by atoms with Gasteiger partial charge in [-0.05, 0) is 43.6 Å². The second-order valence-corrected chi connectivity index (χ2v) is 8.02. The molecule has 2 nitrogen and oxygen atoms in total. The van der Waals surface area contributed by atoms with Gasteiger partial charge in [0.1, 0.15) is 0 Å². The Morgan fingerprint density at radius 1 is 1.16 bits per heavy atom. The Bertz CT molecular complexity index is 282. The van der Waals surface area contributed by atoms with Crippen LogP contribution in [0.2, 0.25) is 0 Å². The molecule has 0 amide bonds. The summed E-state index contributed by atoms with van der Waals surface area (Å²) in [4.78, 5) is 2.92. The van der Waals surface area contributed by atoms with Gasteiger partial charge in [0.05, 0.1) is 0 Å². The van der Waals surface area contributed by atoms with E-state index in [-0.39, 0.29) is 0 Å². The van der Waals surface area contributed by atoms with Crippen molar-refractivity contribution in [2.75, 3.05) is 24.6 Å². The van der Waals surface area contributed by atoms with Crippen LogP contribution in [0.1, 0.15) is 58.3 Å². The highest BCUT2D eigenvalue weighted by Gasteiger charge is 2.41. The second-order valence-electron chi connectivity index (χ2n) is 6.80. The SMILES string of the molecule is CCC1CNC2(CCCCC2)CN1C1CCSCC1. The molecule has 0 aromatic rings. The second kappa shape index (κ2) is 6.36. The van der Waals surface area contributed by atoms with Gasteiger partial charge in [0, 0.05) is 30.7 Å². The molecule has 3 rings (SSSR count). The predicted octanol–water partition coefficient (Wildman–Crippen LogP) is 3.27. The molecule has 1 unspecified atom stereocenters. The van der Waals surface area contributed by atoms with Gasteiger partial charge in [-0.2, -0.15) is 11.8 Å². The van der Waals surface area contributed by atoms with E-state index in [2.05, 4.69) is 28.9 Å². The molecule has 2 heterocycles. The van der Waals surface area contributed by atoms with E-state index in [9.17, 15) is 0 Å². The van der Waals surface area contributed by atoms with Gasteiger partial charge >= 0.3 is 0 Å². The quantitative estimate of drug-likeness (QED) is 0.837. The summed E-state index contributed by atoms with van der Waals surface area (Å²) in [6, 6.07) is 1.67. The van der Waals surface area contributed by atoms with Crippen molar-refractivity contribution in [2.45, 2.75) is 75.9 Å². The summed E-state index contributed by atoms with van der Waals surface area (Å²) in [6.45, 7) is 4.94. The standard InChI is InChI=1S/C16H30N2S/c1-2-14-12-17-16(8-4-3-5-9-16)13-18(14)15-6-10-19-11-7-15/h14-15,17H,2-13H2,1H3. The molecule has 1 atom stereocenters. The van der Waals surface area contributed by atoms with Crippen molar-refractivity contribution >= 4 is 11.8 Å². The number of rotatable bonds is 2. The Kier molecular flexibility index (Phi) is 4.76. The van der Waals surface area contributed by atoms with Crippen LogP contribution in [0.25, 0.3) is 0 Å². The first-order valence-electron chi connectivity index (χ1n) is 8.41. The Balaban J connectivity index is 1.69. The van der Waals surface area contributed by atoms with Crippen LogP contribution in [0.4, 0.5) is 0 Å². The van der Waals surface area contributed by atoms with E-state index in [4.69, 9.17) is 0 Å². The van der Waals surface area contributed by atoms with Crippen molar-refractivity contribution in [3.63, 3.8) is 0 Å². The van der Waals surface area contributed by atoms with Crippen molar-refractivity contribution < 1.29 is 0 Å². The summed E-state index contributed by atoms with van der Waals surface area (Å²) in [5, 5.41) is 3.96. The van der Waals surface area contributed by atoms with Crippen LogP contribution in [0, 0.1) is 0 Å². The molecule has 2 aliphatic heterocycles. The molecule has 3 aliphatic rings. The molecule has 3 fully saturated rings. The number of thioether (sulfide) groups is 1. The highest BCUT2D eigenvalue weighted by molar-refractivity contribution is 7.99. The van der Waals surface area contributed by atoms with Crippen molar-refractivity contribution in [2.24, 2.45) is 0 Å². The van der Waals surface area contributed by atoms with Gasteiger partial charge in [-0.15, -0.1) is 0 Å². The summed E-state index contributed by atoms with van der Waals surface area (Å²) >= 11 is 2.16. The first kappa shape index (κ1) is 14.2. The number of nitrogens with zero attached hydrogens (tertiary/aromatic N) is 1. The topological polar surface area (TPSA) is 15.3 Å². The predicted molar refractivity (Wildman–Crippen MR) is 85.0 cm³/mol. The summed E-state index contributed by atoms with van der Waals surface area (Å²) in [6.07, 6.45) is 11.3.